The fourth-order valence-electron chi connectivity index (χ4n) is 2.73. The number of carboxylic acid groups (broad SMARTS) is 1. The molecule has 0 aliphatic heterocycles. The Morgan fingerprint density at radius 1 is 1.04 bits per heavy atom. The molecule has 0 aliphatic carbocycles. The molecule has 2 aromatic carbocycles. The minimum absolute atomic E-state index is 0.0379. The highest BCUT2D eigenvalue weighted by atomic mass is 16.5. The van der Waals surface area contributed by atoms with Gasteiger partial charge in [0.1, 0.15) is 11.5 Å². The average molecular weight is 371 g/mol. The average Bonchev–Trinajstić information content (AvgIpc) is 2.66. The highest BCUT2D eigenvalue weighted by Crippen LogP contribution is 2.24. The van der Waals surface area contributed by atoms with Crippen molar-refractivity contribution < 1.29 is 24.2 Å². The third kappa shape index (κ3) is 6.33. The molecule has 1 amide bonds. The second kappa shape index (κ2) is 9.62. The highest BCUT2D eigenvalue weighted by Gasteiger charge is 2.15. The van der Waals surface area contributed by atoms with Gasteiger partial charge in [0.25, 0.3) is 0 Å². The molecule has 0 bridgehead atoms. The number of methoxy groups -OCH3 is 1. The molecule has 0 heterocycles. The monoisotopic (exact) mass is 371 g/mol. The van der Waals surface area contributed by atoms with Crippen LogP contribution in [0, 0.1) is 0 Å². The Hall–Kier alpha value is -3.02. The molecule has 144 valence electrons. The van der Waals surface area contributed by atoms with Crippen LogP contribution in [0.4, 0.5) is 0 Å². The van der Waals surface area contributed by atoms with Crippen LogP contribution in [0.3, 0.4) is 0 Å². The number of carboxylic acids is 1. The first-order valence-corrected chi connectivity index (χ1v) is 8.77. The van der Waals surface area contributed by atoms with E-state index in [1.54, 1.807) is 19.2 Å². The molecule has 0 aliphatic rings. The molecular weight excluding hydrogens is 346 g/mol. The Bertz CT molecular complexity index is 772. The lowest BCUT2D eigenvalue weighted by Crippen LogP contribution is -2.27. The zero-order chi connectivity index (χ0) is 19.8. The lowest BCUT2D eigenvalue weighted by Gasteiger charge is -2.17. The summed E-state index contributed by atoms with van der Waals surface area (Å²) >= 11 is 0. The number of amides is 1. The summed E-state index contributed by atoms with van der Waals surface area (Å²) in [5, 5.41) is 11.6. The van der Waals surface area contributed by atoms with E-state index in [0.717, 1.165) is 16.9 Å². The largest absolute Gasteiger partial charge is 0.497 e. The third-order valence-electron chi connectivity index (χ3n) is 4.27. The van der Waals surface area contributed by atoms with Crippen molar-refractivity contribution in [1.29, 1.82) is 0 Å². The molecule has 2 N–H and O–H groups in total. The molecule has 2 rings (SSSR count). The van der Waals surface area contributed by atoms with E-state index in [1.165, 1.54) is 0 Å². The van der Waals surface area contributed by atoms with E-state index in [2.05, 4.69) is 5.32 Å². The highest BCUT2D eigenvalue weighted by molar-refractivity contribution is 5.77. The van der Waals surface area contributed by atoms with Crippen molar-refractivity contribution in [3.8, 4) is 11.5 Å². The fraction of sp³-hybridized carbons (Fsp3) is 0.333. The molecule has 2 aromatic rings. The van der Waals surface area contributed by atoms with E-state index in [9.17, 15) is 9.59 Å². The van der Waals surface area contributed by atoms with Crippen molar-refractivity contribution in [3.05, 3.63) is 59.7 Å². The van der Waals surface area contributed by atoms with Crippen LogP contribution in [0.5, 0.6) is 11.5 Å². The van der Waals surface area contributed by atoms with Crippen LogP contribution in [0.2, 0.25) is 0 Å². The number of ether oxygens (including phenoxy) is 2. The van der Waals surface area contributed by atoms with Crippen molar-refractivity contribution in [2.75, 3.05) is 13.7 Å². The quantitative estimate of drug-likeness (QED) is 0.704. The third-order valence-corrected chi connectivity index (χ3v) is 4.27. The summed E-state index contributed by atoms with van der Waals surface area (Å²) in [6, 6.07) is 14.6. The number of nitrogens with one attached hydrogen (secondary N) is 1. The van der Waals surface area contributed by atoms with Gasteiger partial charge in [-0.1, -0.05) is 31.2 Å². The van der Waals surface area contributed by atoms with Crippen LogP contribution in [0.1, 0.15) is 43.4 Å². The Kier molecular flexibility index (Phi) is 7.23. The van der Waals surface area contributed by atoms with Gasteiger partial charge in [0.05, 0.1) is 13.2 Å². The predicted molar refractivity (Wildman–Crippen MR) is 102 cm³/mol. The van der Waals surface area contributed by atoms with E-state index >= 15 is 0 Å². The van der Waals surface area contributed by atoms with Gasteiger partial charge in [-0.05, 0) is 48.2 Å². The van der Waals surface area contributed by atoms with Gasteiger partial charge in [-0.3, -0.25) is 4.79 Å². The summed E-state index contributed by atoms with van der Waals surface area (Å²) in [5.41, 5.74) is 1.97. The Morgan fingerprint density at radius 3 is 2.37 bits per heavy atom. The van der Waals surface area contributed by atoms with Crippen LogP contribution in [-0.2, 0) is 9.59 Å². The summed E-state index contributed by atoms with van der Waals surface area (Å²) in [6.07, 6.45) is 0.372. The van der Waals surface area contributed by atoms with Crippen molar-refractivity contribution in [2.45, 2.75) is 32.2 Å². The summed E-state index contributed by atoms with van der Waals surface area (Å²) in [7, 11) is 1.62. The molecule has 6 nitrogen and oxygen atoms in total. The minimum atomic E-state index is -1.02. The molecule has 0 spiro atoms. The maximum Gasteiger partial charge on any atom is 0.341 e. The summed E-state index contributed by atoms with van der Waals surface area (Å²) in [6.45, 7) is 3.53. The lowest BCUT2D eigenvalue weighted by atomic mass is 9.97. The van der Waals surface area contributed by atoms with Gasteiger partial charge in [-0.15, -0.1) is 0 Å². The van der Waals surface area contributed by atoms with Crippen molar-refractivity contribution in [3.63, 3.8) is 0 Å². The van der Waals surface area contributed by atoms with Crippen LogP contribution in [0.15, 0.2) is 48.5 Å². The minimum Gasteiger partial charge on any atom is -0.497 e. The maximum absolute atomic E-state index is 12.4. The van der Waals surface area contributed by atoms with Gasteiger partial charge >= 0.3 is 5.97 Å². The number of carbonyl (C=O) groups is 2. The number of hydrogen-bond acceptors (Lipinski definition) is 4. The van der Waals surface area contributed by atoms with E-state index in [1.807, 2.05) is 50.2 Å². The Balaban J connectivity index is 1.89. The molecule has 0 aromatic heterocycles. The van der Waals surface area contributed by atoms with Crippen LogP contribution < -0.4 is 14.8 Å². The Morgan fingerprint density at radius 2 is 1.74 bits per heavy atom. The predicted octanol–water partition coefficient (Wildman–Crippen LogP) is 3.53. The second-order valence-corrected chi connectivity index (χ2v) is 6.42. The van der Waals surface area contributed by atoms with Gasteiger partial charge < -0.3 is 19.9 Å². The zero-order valence-electron chi connectivity index (χ0n) is 15.8. The molecule has 0 saturated carbocycles. The number of benzene rings is 2. The molecule has 0 saturated heterocycles. The van der Waals surface area contributed by atoms with Gasteiger partial charge in [-0.25, -0.2) is 4.79 Å². The smallest absolute Gasteiger partial charge is 0.341 e. The van der Waals surface area contributed by atoms with E-state index in [-0.39, 0.29) is 24.5 Å². The van der Waals surface area contributed by atoms with Gasteiger partial charge in [0.15, 0.2) is 6.61 Å². The van der Waals surface area contributed by atoms with Gasteiger partial charge in [0.2, 0.25) is 5.91 Å². The van der Waals surface area contributed by atoms with Gasteiger partial charge in [0, 0.05) is 6.42 Å². The SMILES string of the molecule is COc1cccc(C(C)CC(=O)NC(C)c2ccc(OCC(=O)O)cc2)c1. The van der Waals surface area contributed by atoms with E-state index in [0.29, 0.717) is 12.2 Å². The number of hydrogen-bond donors (Lipinski definition) is 2. The topological polar surface area (TPSA) is 84.9 Å². The molecular formula is C21H25NO5. The number of aliphatic carboxylic acids is 1. The van der Waals surface area contributed by atoms with Crippen molar-refractivity contribution in [2.24, 2.45) is 0 Å². The fourth-order valence-corrected chi connectivity index (χ4v) is 2.73. The molecule has 2 unspecified atom stereocenters. The molecule has 6 heteroatoms. The molecule has 0 radical (unpaired) electrons. The van der Waals surface area contributed by atoms with Crippen LogP contribution in [0.25, 0.3) is 0 Å². The standard InChI is InChI=1S/C21H25NO5/c1-14(17-5-4-6-19(12-17)26-3)11-20(23)22-15(2)16-7-9-18(10-8-16)27-13-21(24)25/h4-10,12,14-15H,11,13H2,1-3H3,(H,22,23)(H,24,25). The van der Waals surface area contributed by atoms with Crippen LogP contribution in [-0.4, -0.2) is 30.7 Å². The normalized spacial score (nSPS) is 12.7. The first-order chi connectivity index (χ1) is 12.9. The second-order valence-electron chi connectivity index (χ2n) is 6.42. The van der Waals surface area contributed by atoms with E-state index < -0.39 is 5.97 Å². The molecule has 0 fully saturated rings. The van der Waals surface area contributed by atoms with Crippen molar-refractivity contribution in [1.82, 2.24) is 5.32 Å². The van der Waals surface area contributed by atoms with Crippen molar-refractivity contribution >= 4 is 11.9 Å². The number of carbonyl (C=O) groups excluding carboxylic acids is 1. The summed E-state index contributed by atoms with van der Waals surface area (Å²) < 4.78 is 10.3. The summed E-state index contributed by atoms with van der Waals surface area (Å²) in [5.74, 6) is 0.262. The molecule has 2 atom stereocenters. The van der Waals surface area contributed by atoms with Gasteiger partial charge in [-0.2, -0.15) is 0 Å². The number of rotatable bonds is 9. The Labute approximate surface area is 159 Å². The van der Waals surface area contributed by atoms with Crippen LogP contribution >= 0.6 is 0 Å². The zero-order valence-corrected chi connectivity index (χ0v) is 15.8. The van der Waals surface area contributed by atoms with E-state index in [4.69, 9.17) is 14.6 Å². The first kappa shape index (κ1) is 20.3. The summed E-state index contributed by atoms with van der Waals surface area (Å²) in [4.78, 5) is 22.9. The maximum atomic E-state index is 12.4. The first-order valence-electron chi connectivity index (χ1n) is 8.77. The lowest BCUT2D eigenvalue weighted by molar-refractivity contribution is -0.139. The molecule has 27 heavy (non-hydrogen) atoms.